The van der Waals surface area contributed by atoms with Crippen LogP contribution >= 0.6 is 0 Å². The predicted molar refractivity (Wildman–Crippen MR) is 115 cm³/mol. The summed E-state index contributed by atoms with van der Waals surface area (Å²) in [5.74, 6) is -1.38. The molecule has 7 heteroatoms. The van der Waals surface area contributed by atoms with Crippen molar-refractivity contribution < 1.29 is 33.3 Å². The van der Waals surface area contributed by atoms with Crippen LogP contribution in [0.15, 0.2) is 23.0 Å². The number of rotatable bonds is 4. The van der Waals surface area contributed by atoms with Crippen molar-refractivity contribution in [3.8, 4) is 0 Å². The van der Waals surface area contributed by atoms with Gasteiger partial charge >= 0.3 is 5.97 Å². The molecule has 1 saturated carbocycles. The number of ketones is 2. The van der Waals surface area contributed by atoms with Gasteiger partial charge in [0.1, 0.15) is 0 Å². The molecule has 1 heterocycles. The zero-order valence-electron chi connectivity index (χ0n) is 20.0. The third kappa shape index (κ3) is 2.97. The van der Waals surface area contributed by atoms with Gasteiger partial charge in [0.2, 0.25) is 5.78 Å². The second kappa shape index (κ2) is 7.80. The average molecular weight is 447 g/mol. The van der Waals surface area contributed by atoms with E-state index in [1.807, 2.05) is 27.7 Å². The maximum atomic E-state index is 14.0. The second-order valence-electron chi connectivity index (χ2n) is 10.1. The molecular weight excluding hydrogens is 412 g/mol. The van der Waals surface area contributed by atoms with Crippen LogP contribution in [0.25, 0.3) is 0 Å². The summed E-state index contributed by atoms with van der Waals surface area (Å²) in [6.45, 7) is 11.7. The first-order valence-electron chi connectivity index (χ1n) is 11.5. The zero-order chi connectivity index (χ0) is 23.6. The Hall–Kier alpha value is -1.99. The monoisotopic (exact) mass is 446 g/mol. The highest BCUT2D eigenvalue weighted by molar-refractivity contribution is 6.02. The minimum absolute atomic E-state index is 0.0208. The van der Waals surface area contributed by atoms with Gasteiger partial charge in [-0.25, -0.2) is 0 Å². The fourth-order valence-corrected chi connectivity index (χ4v) is 7.41. The quantitative estimate of drug-likeness (QED) is 0.612. The molecule has 4 rings (SSSR count). The van der Waals surface area contributed by atoms with Gasteiger partial charge in [0.25, 0.3) is 0 Å². The third-order valence-corrected chi connectivity index (χ3v) is 8.58. The molecule has 0 amide bonds. The Bertz CT molecular complexity index is 917. The Morgan fingerprint density at radius 3 is 2.44 bits per heavy atom. The van der Waals surface area contributed by atoms with E-state index in [9.17, 15) is 14.4 Å². The normalized spacial score (nSPS) is 43.3. The van der Waals surface area contributed by atoms with Gasteiger partial charge in [-0.2, -0.15) is 0 Å². The molecule has 3 aliphatic carbocycles. The van der Waals surface area contributed by atoms with E-state index < -0.39 is 28.8 Å². The molecule has 7 nitrogen and oxygen atoms in total. The Balaban J connectivity index is 1.95. The second-order valence-corrected chi connectivity index (χ2v) is 10.1. The molecule has 1 unspecified atom stereocenters. The summed E-state index contributed by atoms with van der Waals surface area (Å²) in [4.78, 5) is 39.1. The van der Waals surface area contributed by atoms with Crippen LogP contribution in [0.3, 0.4) is 0 Å². The maximum Gasteiger partial charge on any atom is 0.303 e. The molecule has 0 N–H and O–H groups in total. The summed E-state index contributed by atoms with van der Waals surface area (Å²) >= 11 is 0. The van der Waals surface area contributed by atoms with Crippen LogP contribution < -0.4 is 0 Å². The van der Waals surface area contributed by atoms with E-state index in [-0.39, 0.29) is 35.8 Å². The molecule has 0 radical (unpaired) electrons. The molecule has 8 atom stereocenters. The standard InChI is InChI=1S/C25H34O7/c1-8-30-19-11-16-13(3)21(29-7)20(28)22-24(16,5)18(32-19)10-15-12(2)9-17(27)23(25(15,22)6)31-14(4)26/h9,15-16,18-19,22-23H,8,10-11H2,1-7H3/t15-,16-,18+,19?,22-,23+,24+,25-/m0/s1. The molecule has 0 bridgehead atoms. The molecule has 2 fully saturated rings. The van der Waals surface area contributed by atoms with Gasteiger partial charge in [-0.1, -0.05) is 19.4 Å². The van der Waals surface area contributed by atoms with Crippen LogP contribution in [0.5, 0.6) is 0 Å². The fourth-order valence-electron chi connectivity index (χ4n) is 7.41. The van der Waals surface area contributed by atoms with Gasteiger partial charge in [-0.15, -0.1) is 0 Å². The average Bonchev–Trinajstić information content (AvgIpc) is 2.70. The van der Waals surface area contributed by atoms with E-state index in [1.54, 1.807) is 6.08 Å². The summed E-state index contributed by atoms with van der Waals surface area (Å²) in [5, 5.41) is 0. The Labute approximate surface area is 189 Å². The summed E-state index contributed by atoms with van der Waals surface area (Å²) in [5.41, 5.74) is 0.293. The lowest BCUT2D eigenvalue weighted by atomic mass is 9.40. The van der Waals surface area contributed by atoms with Crippen LogP contribution in [0.2, 0.25) is 0 Å². The fraction of sp³-hybridized carbons (Fsp3) is 0.720. The third-order valence-electron chi connectivity index (χ3n) is 8.58. The van der Waals surface area contributed by atoms with E-state index in [2.05, 4.69) is 6.92 Å². The summed E-state index contributed by atoms with van der Waals surface area (Å²) < 4.78 is 23.6. The number of hydrogen-bond donors (Lipinski definition) is 0. The van der Waals surface area contributed by atoms with Gasteiger partial charge in [-0.3, -0.25) is 14.4 Å². The molecule has 0 aromatic carbocycles. The molecule has 1 saturated heterocycles. The molecular formula is C25H34O7. The molecule has 0 aromatic heterocycles. The maximum absolute atomic E-state index is 14.0. The zero-order valence-corrected chi connectivity index (χ0v) is 20.0. The van der Waals surface area contributed by atoms with Crippen LogP contribution in [0, 0.1) is 28.6 Å². The number of methoxy groups -OCH3 is 1. The van der Waals surface area contributed by atoms with E-state index in [0.717, 1.165) is 11.1 Å². The van der Waals surface area contributed by atoms with E-state index in [1.165, 1.54) is 14.0 Å². The lowest BCUT2D eigenvalue weighted by Crippen LogP contribution is -2.70. The molecule has 4 aliphatic rings. The lowest BCUT2D eigenvalue weighted by molar-refractivity contribution is -0.289. The van der Waals surface area contributed by atoms with Gasteiger partial charge in [0.05, 0.1) is 13.2 Å². The summed E-state index contributed by atoms with van der Waals surface area (Å²) in [6, 6.07) is 0. The molecule has 176 valence electrons. The van der Waals surface area contributed by atoms with Crippen molar-refractivity contribution in [2.45, 2.75) is 72.9 Å². The highest BCUT2D eigenvalue weighted by atomic mass is 16.7. The molecule has 0 aromatic rings. The molecule has 32 heavy (non-hydrogen) atoms. The van der Waals surface area contributed by atoms with Gasteiger partial charge < -0.3 is 18.9 Å². The van der Waals surface area contributed by atoms with E-state index in [0.29, 0.717) is 25.2 Å². The van der Waals surface area contributed by atoms with Crippen molar-refractivity contribution in [3.05, 3.63) is 23.0 Å². The lowest BCUT2D eigenvalue weighted by Gasteiger charge is -2.66. The number of esters is 1. The van der Waals surface area contributed by atoms with Crippen LogP contribution in [0.4, 0.5) is 0 Å². The number of carbonyl (C=O) groups excluding carboxylic acids is 3. The van der Waals surface area contributed by atoms with Crippen molar-refractivity contribution in [1.29, 1.82) is 0 Å². The number of ether oxygens (including phenoxy) is 4. The highest BCUT2D eigenvalue weighted by Gasteiger charge is 2.72. The largest absolute Gasteiger partial charge is 0.493 e. The summed E-state index contributed by atoms with van der Waals surface area (Å²) in [7, 11) is 1.51. The topological polar surface area (TPSA) is 88.1 Å². The van der Waals surface area contributed by atoms with Crippen LogP contribution in [0.1, 0.15) is 54.4 Å². The Kier molecular flexibility index (Phi) is 5.65. The molecule has 1 aliphatic heterocycles. The van der Waals surface area contributed by atoms with Gasteiger partial charge in [-0.05, 0) is 50.7 Å². The number of Topliss-reactive ketones (excluding diaryl/α,β-unsaturated/α-hetero) is 1. The van der Waals surface area contributed by atoms with Crippen molar-refractivity contribution in [3.63, 3.8) is 0 Å². The first kappa shape index (κ1) is 23.2. The first-order valence-corrected chi connectivity index (χ1v) is 11.5. The van der Waals surface area contributed by atoms with Crippen LogP contribution in [-0.4, -0.2) is 49.8 Å². The number of allylic oxidation sites excluding steroid dienone is 3. The van der Waals surface area contributed by atoms with Gasteiger partial charge in [0.15, 0.2) is 23.9 Å². The SMILES string of the molecule is CCOC1C[C@H]2C(C)=C(OC)C(=O)[C@@H]3[C@@]4(C)[C@H](OC(C)=O)C(=O)C=C(C)[C@@H]4C[C@@H](O1)[C@]32C. The van der Waals surface area contributed by atoms with Crippen molar-refractivity contribution in [2.24, 2.45) is 28.6 Å². The number of fused-ring (bicyclic) bond motifs is 2. The van der Waals surface area contributed by atoms with Crippen molar-refractivity contribution in [2.75, 3.05) is 13.7 Å². The van der Waals surface area contributed by atoms with Gasteiger partial charge in [0, 0.05) is 36.7 Å². The van der Waals surface area contributed by atoms with E-state index in [4.69, 9.17) is 18.9 Å². The van der Waals surface area contributed by atoms with Crippen LogP contribution in [-0.2, 0) is 33.3 Å². The predicted octanol–water partition coefficient (Wildman–Crippen LogP) is 3.37. The Morgan fingerprint density at radius 1 is 1.16 bits per heavy atom. The van der Waals surface area contributed by atoms with Crippen molar-refractivity contribution >= 4 is 17.5 Å². The number of carbonyl (C=O) groups is 3. The number of hydrogen-bond acceptors (Lipinski definition) is 7. The Morgan fingerprint density at radius 2 is 1.84 bits per heavy atom. The summed E-state index contributed by atoms with van der Waals surface area (Å²) in [6.07, 6.45) is 1.16. The highest BCUT2D eigenvalue weighted by Crippen LogP contribution is 2.68. The minimum atomic E-state index is -1.03. The molecule has 0 spiro atoms. The minimum Gasteiger partial charge on any atom is -0.493 e. The smallest absolute Gasteiger partial charge is 0.303 e. The van der Waals surface area contributed by atoms with Crippen molar-refractivity contribution in [1.82, 2.24) is 0 Å². The van der Waals surface area contributed by atoms with E-state index >= 15 is 0 Å². The first-order chi connectivity index (χ1) is 15.0.